The standard InChI is InChI=1S/C18H27N3O2/c1-15-6-8-21(9-7-15)17-4-2-16(3-5-17)19-18(22)14-20-10-12-23-13-11-20/h2-5,15H,6-14H2,1H3,(H,19,22)/p+1. The molecule has 0 aliphatic carbocycles. The molecule has 5 heteroatoms. The Morgan fingerprint density at radius 2 is 1.87 bits per heavy atom. The molecule has 23 heavy (non-hydrogen) atoms. The second-order valence-corrected chi connectivity index (χ2v) is 6.80. The summed E-state index contributed by atoms with van der Waals surface area (Å²) in [6, 6.07) is 8.26. The molecule has 0 spiro atoms. The first-order valence-corrected chi connectivity index (χ1v) is 8.77. The monoisotopic (exact) mass is 318 g/mol. The maximum absolute atomic E-state index is 12.1. The van der Waals surface area contributed by atoms with Crippen molar-refractivity contribution in [2.75, 3.05) is 56.2 Å². The molecule has 3 rings (SSSR count). The van der Waals surface area contributed by atoms with Crippen molar-refractivity contribution in [1.29, 1.82) is 0 Å². The van der Waals surface area contributed by atoms with E-state index in [0.29, 0.717) is 6.54 Å². The number of morpholine rings is 1. The van der Waals surface area contributed by atoms with Crippen molar-refractivity contribution < 1.29 is 14.4 Å². The minimum absolute atomic E-state index is 0.0847. The van der Waals surface area contributed by atoms with Gasteiger partial charge in [0.05, 0.1) is 13.2 Å². The molecular formula is C18H28N3O2+. The minimum atomic E-state index is 0.0847. The van der Waals surface area contributed by atoms with Crippen LogP contribution in [0.15, 0.2) is 24.3 Å². The van der Waals surface area contributed by atoms with Crippen molar-refractivity contribution in [3.63, 3.8) is 0 Å². The molecule has 2 heterocycles. The number of nitrogens with one attached hydrogen (secondary N) is 2. The smallest absolute Gasteiger partial charge is 0.279 e. The van der Waals surface area contributed by atoms with Gasteiger partial charge in [0.1, 0.15) is 13.1 Å². The molecule has 2 aliphatic rings. The second-order valence-electron chi connectivity index (χ2n) is 6.80. The Labute approximate surface area is 138 Å². The number of amides is 1. The van der Waals surface area contributed by atoms with Crippen molar-refractivity contribution in [3.8, 4) is 0 Å². The molecule has 0 aromatic heterocycles. The Bertz CT molecular complexity index is 504. The van der Waals surface area contributed by atoms with Crippen LogP contribution in [0.4, 0.5) is 11.4 Å². The van der Waals surface area contributed by atoms with Crippen LogP contribution in [0.1, 0.15) is 19.8 Å². The minimum Gasteiger partial charge on any atom is -0.372 e. The molecule has 1 amide bonds. The fraction of sp³-hybridized carbons (Fsp3) is 0.611. The fourth-order valence-corrected chi connectivity index (χ4v) is 3.29. The average molecular weight is 318 g/mol. The fourth-order valence-electron chi connectivity index (χ4n) is 3.29. The molecule has 126 valence electrons. The van der Waals surface area contributed by atoms with Gasteiger partial charge in [-0.25, -0.2) is 0 Å². The Balaban J connectivity index is 1.49. The Morgan fingerprint density at radius 3 is 2.52 bits per heavy atom. The van der Waals surface area contributed by atoms with Crippen molar-refractivity contribution >= 4 is 17.3 Å². The summed E-state index contributed by atoms with van der Waals surface area (Å²) in [5.74, 6) is 0.925. The molecule has 5 nitrogen and oxygen atoms in total. The van der Waals surface area contributed by atoms with E-state index in [-0.39, 0.29) is 5.91 Å². The van der Waals surface area contributed by atoms with E-state index in [4.69, 9.17) is 4.74 Å². The van der Waals surface area contributed by atoms with Crippen molar-refractivity contribution in [3.05, 3.63) is 24.3 Å². The first-order valence-electron chi connectivity index (χ1n) is 8.77. The number of benzene rings is 1. The quantitative estimate of drug-likeness (QED) is 0.862. The number of ether oxygens (including phenoxy) is 1. The predicted molar refractivity (Wildman–Crippen MR) is 92.1 cm³/mol. The van der Waals surface area contributed by atoms with Gasteiger partial charge in [0.15, 0.2) is 6.54 Å². The van der Waals surface area contributed by atoms with Gasteiger partial charge in [-0.1, -0.05) is 6.92 Å². The number of quaternary nitrogens is 1. The third-order valence-corrected chi connectivity index (χ3v) is 4.91. The maximum atomic E-state index is 12.1. The van der Waals surface area contributed by atoms with Gasteiger partial charge in [-0.05, 0) is 43.0 Å². The third-order valence-electron chi connectivity index (χ3n) is 4.91. The van der Waals surface area contributed by atoms with Gasteiger partial charge >= 0.3 is 0 Å². The van der Waals surface area contributed by atoms with Crippen LogP contribution in [0.25, 0.3) is 0 Å². The van der Waals surface area contributed by atoms with Crippen molar-refractivity contribution in [1.82, 2.24) is 0 Å². The highest BCUT2D eigenvalue weighted by atomic mass is 16.5. The molecule has 2 fully saturated rings. The van der Waals surface area contributed by atoms with Crippen LogP contribution < -0.4 is 15.1 Å². The van der Waals surface area contributed by atoms with E-state index < -0.39 is 0 Å². The molecule has 2 aliphatic heterocycles. The average Bonchev–Trinajstić information content (AvgIpc) is 2.57. The molecule has 2 N–H and O–H groups in total. The Hall–Kier alpha value is -1.59. The normalized spacial score (nSPS) is 20.5. The molecule has 0 atom stereocenters. The number of carbonyl (C=O) groups excluding carboxylic acids is 1. The van der Waals surface area contributed by atoms with Crippen LogP contribution in [0, 0.1) is 5.92 Å². The van der Waals surface area contributed by atoms with E-state index in [1.54, 1.807) is 0 Å². The SMILES string of the molecule is CC1CCN(c2ccc(NC(=O)C[NH+]3CCOCC3)cc2)CC1. The van der Waals surface area contributed by atoms with Crippen LogP contribution in [0.3, 0.4) is 0 Å². The second kappa shape index (κ2) is 7.79. The maximum Gasteiger partial charge on any atom is 0.279 e. The van der Waals surface area contributed by atoms with E-state index in [1.807, 2.05) is 12.1 Å². The summed E-state index contributed by atoms with van der Waals surface area (Å²) >= 11 is 0. The zero-order valence-electron chi connectivity index (χ0n) is 14.0. The van der Waals surface area contributed by atoms with Crippen molar-refractivity contribution in [2.45, 2.75) is 19.8 Å². The molecule has 1 aromatic rings. The summed E-state index contributed by atoms with van der Waals surface area (Å²) in [7, 11) is 0. The van der Waals surface area contributed by atoms with Gasteiger partial charge in [0, 0.05) is 24.5 Å². The number of hydrogen-bond donors (Lipinski definition) is 2. The Kier molecular flexibility index (Phi) is 5.51. The molecule has 0 bridgehead atoms. The lowest BCUT2D eigenvalue weighted by Crippen LogP contribution is -3.15. The number of piperidine rings is 1. The van der Waals surface area contributed by atoms with Gasteiger partial charge in [-0.15, -0.1) is 0 Å². The number of hydrogen-bond acceptors (Lipinski definition) is 3. The lowest BCUT2D eigenvalue weighted by atomic mass is 9.99. The first-order chi connectivity index (χ1) is 11.2. The van der Waals surface area contributed by atoms with Gasteiger partial charge in [0.25, 0.3) is 5.91 Å². The topological polar surface area (TPSA) is 46.0 Å². The van der Waals surface area contributed by atoms with Crippen LogP contribution in [-0.2, 0) is 9.53 Å². The number of rotatable bonds is 4. The highest BCUT2D eigenvalue weighted by molar-refractivity contribution is 5.91. The molecule has 2 saturated heterocycles. The van der Waals surface area contributed by atoms with E-state index in [0.717, 1.165) is 51.0 Å². The van der Waals surface area contributed by atoms with Crippen LogP contribution in [0.2, 0.25) is 0 Å². The third kappa shape index (κ3) is 4.69. The lowest BCUT2D eigenvalue weighted by molar-refractivity contribution is -0.899. The summed E-state index contributed by atoms with van der Waals surface area (Å²) in [6.45, 7) is 8.46. The van der Waals surface area contributed by atoms with Gasteiger partial charge < -0.3 is 19.9 Å². The number of nitrogens with zero attached hydrogens (tertiary/aromatic N) is 1. The molecule has 1 aromatic carbocycles. The molecular weight excluding hydrogens is 290 g/mol. The van der Waals surface area contributed by atoms with E-state index >= 15 is 0 Å². The van der Waals surface area contributed by atoms with E-state index in [2.05, 4.69) is 29.3 Å². The van der Waals surface area contributed by atoms with E-state index in [1.165, 1.54) is 23.4 Å². The van der Waals surface area contributed by atoms with Gasteiger partial charge in [0.2, 0.25) is 0 Å². The summed E-state index contributed by atoms with van der Waals surface area (Å²) < 4.78 is 5.32. The molecule has 0 saturated carbocycles. The number of carbonyl (C=O) groups is 1. The van der Waals surface area contributed by atoms with Crippen molar-refractivity contribution in [2.24, 2.45) is 5.92 Å². The number of anilines is 2. The van der Waals surface area contributed by atoms with Crippen LogP contribution >= 0.6 is 0 Å². The zero-order valence-corrected chi connectivity index (χ0v) is 14.0. The first kappa shape index (κ1) is 16.3. The van der Waals surface area contributed by atoms with Crippen LogP contribution in [-0.4, -0.2) is 51.8 Å². The summed E-state index contributed by atoms with van der Waals surface area (Å²) in [5.41, 5.74) is 2.14. The lowest BCUT2D eigenvalue weighted by Gasteiger charge is -2.32. The Morgan fingerprint density at radius 1 is 1.22 bits per heavy atom. The molecule has 0 unspecified atom stereocenters. The summed E-state index contributed by atoms with van der Waals surface area (Å²) in [6.07, 6.45) is 2.53. The summed E-state index contributed by atoms with van der Waals surface area (Å²) in [5, 5.41) is 3.01. The predicted octanol–water partition coefficient (Wildman–Crippen LogP) is 0.777. The van der Waals surface area contributed by atoms with Gasteiger partial charge in [-0.3, -0.25) is 4.79 Å². The van der Waals surface area contributed by atoms with Crippen LogP contribution in [0.5, 0.6) is 0 Å². The van der Waals surface area contributed by atoms with E-state index in [9.17, 15) is 4.79 Å². The largest absolute Gasteiger partial charge is 0.372 e. The van der Waals surface area contributed by atoms with Gasteiger partial charge in [-0.2, -0.15) is 0 Å². The highest BCUT2D eigenvalue weighted by Crippen LogP contribution is 2.24. The highest BCUT2D eigenvalue weighted by Gasteiger charge is 2.18. The summed E-state index contributed by atoms with van der Waals surface area (Å²) in [4.78, 5) is 15.9. The molecule has 0 radical (unpaired) electrons. The zero-order chi connectivity index (χ0) is 16.1.